The molecule has 1 fully saturated rings. The van der Waals surface area contributed by atoms with Crippen LogP contribution in [0.5, 0.6) is 0 Å². The SMILES string of the molecule is COC1CCCN(C(=O)c2cccc(NN)n2)C1. The molecule has 0 bridgehead atoms. The monoisotopic (exact) mass is 250 g/mol. The Labute approximate surface area is 106 Å². The summed E-state index contributed by atoms with van der Waals surface area (Å²) in [6.07, 6.45) is 2.08. The van der Waals surface area contributed by atoms with Crippen LogP contribution in [0.15, 0.2) is 18.2 Å². The minimum atomic E-state index is -0.0751. The average molecular weight is 250 g/mol. The van der Waals surface area contributed by atoms with E-state index in [2.05, 4.69) is 10.4 Å². The lowest BCUT2D eigenvalue weighted by atomic mass is 10.1. The fraction of sp³-hybridized carbons (Fsp3) is 0.500. The summed E-state index contributed by atoms with van der Waals surface area (Å²) in [6, 6.07) is 5.16. The number of hydrogen-bond donors (Lipinski definition) is 2. The first kappa shape index (κ1) is 12.8. The second-order valence-electron chi connectivity index (χ2n) is 4.30. The van der Waals surface area contributed by atoms with Crippen molar-refractivity contribution in [3.8, 4) is 0 Å². The summed E-state index contributed by atoms with van der Waals surface area (Å²) in [5, 5.41) is 0. The molecule has 3 N–H and O–H groups in total. The van der Waals surface area contributed by atoms with Crippen LogP contribution in [0, 0.1) is 0 Å². The van der Waals surface area contributed by atoms with Crippen LogP contribution < -0.4 is 11.3 Å². The third-order valence-corrected chi connectivity index (χ3v) is 3.11. The first-order chi connectivity index (χ1) is 8.74. The molecule has 18 heavy (non-hydrogen) atoms. The molecule has 0 saturated carbocycles. The van der Waals surface area contributed by atoms with Gasteiger partial charge in [-0.1, -0.05) is 6.07 Å². The van der Waals surface area contributed by atoms with Crippen molar-refractivity contribution in [3.05, 3.63) is 23.9 Å². The van der Waals surface area contributed by atoms with Crippen LogP contribution in [0.3, 0.4) is 0 Å². The summed E-state index contributed by atoms with van der Waals surface area (Å²) >= 11 is 0. The summed E-state index contributed by atoms with van der Waals surface area (Å²) in [5.41, 5.74) is 2.84. The number of rotatable bonds is 3. The van der Waals surface area contributed by atoms with Crippen molar-refractivity contribution in [3.63, 3.8) is 0 Å². The number of anilines is 1. The molecule has 1 saturated heterocycles. The molecule has 1 unspecified atom stereocenters. The number of pyridine rings is 1. The molecule has 1 aromatic rings. The van der Waals surface area contributed by atoms with Gasteiger partial charge in [0, 0.05) is 20.2 Å². The van der Waals surface area contributed by atoms with Crippen LogP contribution in [-0.2, 0) is 4.74 Å². The lowest BCUT2D eigenvalue weighted by Crippen LogP contribution is -2.43. The van der Waals surface area contributed by atoms with Crippen LogP contribution in [0.2, 0.25) is 0 Å². The summed E-state index contributed by atoms with van der Waals surface area (Å²) < 4.78 is 5.31. The average Bonchev–Trinajstić information content (AvgIpc) is 2.46. The van der Waals surface area contributed by atoms with Gasteiger partial charge in [-0.15, -0.1) is 0 Å². The van der Waals surface area contributed by atoms with Gasteiger partial charge in [-0.2, -0.15) is 0 Å². The Morgan fingerprint density at radius 3 is 3.17 bits per heavy atom. The zero-order valence-corrected chi connectivity index (χ0v) is 10.4. The lowest BCUT2D eigenvalue weighted by Gasteiger charge is -2.31. The van der Waals surface area contributed by atoms with Gasteiger partial charge in [0.1, 0.15) is 11.5 Å². The predicted octanol–water partition coefficient (Wildman–Crippen LogP) is 0.618. The summed E-state index contributed by atoms with van der Waals surface area (Å²) in [4.78, 5) is 18.2. The van der Waals surface area contributed by atoms with Gasteiger partial charge in [0.15, 0.2) is 0 Å². The molecule has 2 heterocycles. The van der Waals surface area contributed by atoms with Crippen molar-refractivity contribution >= 4 is 11.7 Å². The molecule has 1 amide bonds. The number of hydrogen-bond acceptors (Lipinski definition) is 5. The molecule has 0 aliphatic carbocycles. The van der Waals surface area contributed by atoms with E-state index in [-0.39, 0.29) is 12.0 Å². The highest BCUT2D eigenvalue weighted by Gasteiger charge is 2.24. The number of nitrogen functional groups attached to an aromatic ring is 1. The molecule has 6 heteroatoms. The highest BCUT2D eigenvalue weighted by atomic mass is 16.5. The first-order valence-corrected chi connectivity index (χ1v) is 6.00. The number of methoxy groups -OCH3 is 1. The van der Waals surface area contributed by atoms with E-state index < -0.39 is 0 Å². The van der Waals surface area contributed by atoms with Gasteiger partial charge in [-0.05, 0) is 25.0 Å². The molecule has 0 spiro atoms. The van der Waals surface area contributed by atoms with Gasteiger partial charge in [0.25, 0.3) is 5.91 Å². The van der Waals surface area contributed by atoms with Crippen LogP contribution in [0.4, 0.5) is 5.82 Å². The number of likely N-dealkylation sites (tertiary alicyclic amines) is 1. The molecule has 0 radical (unpaired) electrons. The Hall–Kier alpha value is -1.66. The number of amides is 1. The fourth-order valence-electron chi connectivity index (χ4n) is 2.11. The highest BCUT2D eigenvalue weighted by Crippen LogP contribution is 2.15. The minimum Gasteiger partial charge on any atom is -0.380 e. The zero-order chi connectivity index (χ0) is 13.0. The van der Waals surface area contributed by atoms with E-state index >= 15 is 0 Å². The minimum absolute atomic E-state index is 0.0751. The quantitative estimate of drug-likeness (QED) is 0.607. The third kappa shape index (κ3) is 2.77. The molecule has 6 nitrogen and oxygen atoms in total. The number of nitrogens with two attached hydrogens (primary N) is 1. The highest BCUT2D eigenvalue weighted by molar-refractivity contribution is 5.92. The van der Waals surface area contributed by atoms with Crippen molar-refractivity contribution in [2.45, 2.75) is 18.9 Å². The number of carbonyl (C=O) groups excluding carboxylic acids is 1. The van der Waals surface area contributed by atoms with Crippen LogP contribution >= 0.6 is 0 Å². The van der Waals surface area contributed by atoms with Gasteiger partial charge in [0.05, 0.1) is 6.10 Å². The number of piperidine rings is 1. The Bertz CT molecular complexity index is 424. The van der Waals surface area contributed by atoms with Gasteiger partial charge in [-0.3, -0.25) is 4.79 Å². The van der Waals surface area contributed by atoms with E-state index in [1.54, 1.807) is 30.2 Å². The van der Waals surface area contributed by atoms with Gasteiger partial charge < -0.3 is 15.1 Å². The number of ether oxygens (including phenoxy) is 1. The zero-order valence-electron chi connectivity index (χ0n) is 10.4. The maximum Gasteiger partial charge on any atom is 0.272 e. The van der Waals surface area contributed by atoms with Crippen molar-refractivity contribution in [1.82, 2.24) is 9.88 Å². The summed E-state index contributed by atoms with van der Waals surface area (Å²) in [5.74, 6) is 5.70. The van der Waals surface area contributed by atoms with Crippen molar-refractivity contribution in [2.24, 2.45) is 5.84 Å². The van der Waals surface area contributed by atoms with Gasteiger partial charge in [0.2, 0.25) is 0 Å². The fourth-order valence-corrected chi connectivity index (χ4v) is 2.11. The summed E-state index contributed by atoms with van der Waals surface area (Å²) in [7, 11) is 1.68. The molecular formula is C12H18N4O2. The van der Waals surface area contributed by atoms with Crippen LogP contribution in [-0.4, -0.2) is 42.1 Å². The standard InChI is InChI=1S/C12H18N4O2/c1-18-9-4-3-7-16(8-9)12(17)10-5-2-6-11(14-10)15-13/h2,5-6,9H,3-4,7-8,13H2,1H3,(H,14,15). The van der Waals surface area contributed by atoms with Gasteiger partial charge in [-0.25, -0.2) is 10.8 Å². The normalized spacial score (nSPS) is 19.7. The largest absolute Gasteiger partial charge is 0.380 e. The van der Waals surface area contributed by atoms with E-state index in [0.717, 1.165) is 19.4 Å². The van der Waals surface area contributed by atoms with Crippen molar-refractivity contribution < 1.29 is 9.53 Å². The van der Waals surface area contributed by atoms with Crippen molar-refractivity contribution in [1.29, 1.82) is 0 Å². The Kier molecular flexibility index (Phi) is 4.11. The first-order valence-electron chi connectivity index (χ1n) is 6.00. The lowest BCUT2D eigenvalue weighted by molar-refractivity contribution is 0.0266. The second kappa shape index (κ2) is 5.79. The molecule has 0 aromatic carbocycles. The van der Waals surface area contributed by atoms with Crippen molar-refractivity contribution in [2.75, 3.05) is 25.6 Å². The smallest absolute Gasteiger partial charge is 0.272 e. The molecule has 98 valence electrons. The number of carbonyl (C=O) groups is 1. The molecule has 1 aromatic heterocycles. The van der Waals surface area contributed by atoms with E-state index in [0.29, 0.717) is 18.1 Å². The van der Waals surface area contributed by atoms with E-state index in [1.165, 1.54) is 0 Å². The van der Waals surface area contributed by atoms with E-state index in [9.17, 15) is 4.79 Å². The van der Waals surface area contributed by atoms with E-state index in [4.69, 9.17) is 10.6 Å². The molecular weight excluding hydrogens is 232 g/mol. The number of nitrogens with one attached hydrogen (secondary N) is 1. The number of nitrogens with zero attached hydrogens (tertiary/aromatic N) is 2. The van der Waals surface area contributed by atoms with Gasteiger partial charge >= 0.3 is 0 Å². The summed E-state index contributed by atoms with van der Waals surface area (Å²) in [6.45, 7) is 1.37. The predicted molar refractivity (Wildman–Crippen MR) is 68.0 cm³/mol. The molecule has 1 aliphatic rings. The molecule has 2 rings (SSSR count). The maximum atomic E-state index is 12.3. The third-order valence-electron chi connectivity index (χ3n) is 3.11. The molecule has 1 aliphatic heterocycles. The number of hydrazine groups is 1. The Balaban J connectivity index is 2.10. The Morgan fingerprint density at radius 1 is 1.61 bits per heavy atom. The van der Waals surface area contributed by atoms with Crippen LogP contribution in [0.1, 0.15) is 23.3 Å². The Morgan fingerprint density at radius 2 is 2.44 bits per heavy atom. The molecule has 1 atom stereocenters. The van der Waals surface area contributed by atoms with Crippen LogP contribution in [0.25, 0.3) is 0 Å². The van der Waals surface area contributed by atoms with E-state index in [1.807, 2.05) is 0 Å². The topological polar surface area (TPSA) is 80.5 Å². The number of aromatic nitrogens is 1. The maximum absolute atomic E-state index is 12.3. The second-order valence-corrected chi connectivity index (χ2v) is 4.30.